The average molecular weight is 519 g/mol. The molecular weight excluding hydrogens is 485 g/mol. The lowest BCUT2D eigenvalue weighted by Gasteiger charge is -2.42. The number of amides is 1. The molecule has 3 aliphatic carbocycles. The number of ether oxygens (including phenoxy) is 2. The lowest BCUT2D eigenvalue weighted by atomic mass is 9.75. The maximum atomic E-state index is 13.9. The van der Waals surface area contributed by atoms with Crippen molar-refractivity contribution >= 4 is 27.5 Å². The van der Waals surface area contributed by atoms with Crippen LogP contribution in [0.5, 0.6) is 0 Å². The fourth-order valence-electron chi connectivity index (χ4n) is 5.54. The number of methoxy groups -OCH3 is 1. The molecule has 1 amide bonds. The van der Waals surface area contributed by atoms with Crippen molar-refractivity contribution in [1.29, 1.82) is 0 Å². The van der Waals surface area contributed by atoms with E-state index < -0.39 is 62.8 Å². The molecule has 0 aliphatic heterocycles. The molecule has 3 fully saturated rings. The summed E-state index contributed by atoms with van der Waals surface area (Å²) in [4.78, 5) is 13.2. The summed E-state index contributed by atoms with van der Waals surface area (Å²) in [7, 11) is -2.18. The van der Waals surface area contributed by atoms with Gasteiger partial charge in [-0.1, -0.05) is 12.8 Å². The van der Waals surface area contributed by atoms with Gasteiger partial charge in [-0.25, -0.2) is 13.6 Å². The Bertz CT molecular complexity index is 784. The Morgan fingerprint density at radius 3 is 2.33 bits per heavy atom. The van der Waals surface area contributed by atoms with E-state index in [9.17, 15) is 26.4 Å². The highest BCUT2D eigenvalue weighted by atomic mass is 35.5. The Morgan fingerprint density at radius 2 is 1.73 bits per heavy atom. The van der Waals surface area contributed by atoms with Gasteiger partial charge in [-0.05, 0) is 51.4 Å². The predicted octanol–water partition coefficient (Wildman–Crippen LogP) is 3.24. The molecule has 0 aromatic carbocycles. The van der Waals surface area contributed by atoms with Crippen LogP contribution < -0.4 is 10.5 Å². The van der Waals surface area contributed by atoms with E-state index in [2.05, 4.69) is 5.32 Å². The SMILES string of the molecule is COC1CCC(OC2CCCC(C(F)(F)F)C2C(=O)NC2CCCC(S(N)(=O)=O)C2)C(Cl)C1. The number of nitrogens with two attached hydrogens (primary N) is 1. The number of sulfonamides is 1. The molecule has 0 heterocycles. The van der Waals surface area contributed by atoms with E-state index in [0.717, 1.165) is 0 Å². The molecule has 192 valence electrons. The molecule has 3 aliphatic rings. The largest absolute Gasteiger partial charge is 0.392 e. The van der Waals surface area contributed by atoms with Crippen molar-refractivity contribution in [2.24, 2.45) is 17.0 Å². The van der Waals surface area contributed by atoms with Crippen molar-refractivity contribution < 1.29 is 35.9 Å². The summed E-state index contributed by atoms with van der Waals surface area (Å²) in [5, 5.41) is 6.73. The van der Waals surface area contributed by atoms with Crippen molar-refractivity contribution in [3.63, 3.8) is 0 Å². The van der Waals surface area contributed by atoms with Gasteiger partial charge in [0.25, 0.3) is 0 Å². The molecule has 0 spiro atoms. The standard InChI is InChI=1S/C21H34ClF3N2O5S/c1-31-13-8-9-17(16(22)11-13)32-18-7-3-6-15(21(23,24)25)19(18)20(28)27-12-4-2-5-14(10-12)33(26,29)30/h12-19H,2-11H2,1H3,(H,27,28)(H2,26,29,30). The third-order valence-corrected chi connectivity index (χ3v) is 9.16. The second-order valence-electron chi connectivity index (χ2n) is 9.59. The van der Waals surface area contributed by atoms with Crippen LogP contribution >= 0.6 is 11.6 Å². The van der Waals surface area contributed by atoms with Crippen LogP contribution in [0.3, 0.4) is 0 Å². The maximum absolute atomic E-state index is 13.9. The van der Waals surface area contributed by atoms with E-state index in [1.54, 1.807) is 7.11 Å². The number of primary sulfonamides is 1. The van der Waals surface area contributed by atoms with Crippen molar-refractivity contribution in [1.82, 2.24) is 5.32 Å². The van der Waals surface area contributed by atoms with E-state index in [4.69, 9.17) is 26.2 Å². The molecule has 0 aromatic heterocycles. The highest BCUT2D eigenvalue weighted by Crippen LogP contribution is 2.44. The van der Waals surface area contributed by atoms with Crippen molar-refractivity contribution in [3.8, 4) is 0 Å². The molecule has 12 heteroatoms. The Balaban J connectivity index is 1.73. The maximum Gasteiger partial charge on any atom is 0.392 e. The van der Waals surface area contributed by atoms with Gasteiger partial charge < -0.3 is 14.8 Å². The first-order chi connectivity index (χ1) is 15.4. The first kappa shape index (κ1) is 27.0. The van der Waals surface area contributed by atoms with Crippen molar-refractivity contribution in [2.45, 2.75) is 105 Å². The van der Waals surface area contributed by atoms with Gasteiger partial charge in [0, 0.05) is 13.2 Å². The Hall–Kier alpha value is -0.620. The van der Waals surface area contributed by atoms with E-state index in [0.29, 0.717) is 51.4 Å². The molecule has 0 saturated heterocycles. The van der Waals surface area contributed by atoms with Crippen LogP contribution in [0.1, 0.15) is 64.2 Å². The molecule has 0 bridgehead atoms. The predicted molar refractivity (Wildman–Crippen MR) is 117 cm³/mol. The van der Waals surface area contributed by atoms with Gasteiger partial charge in [0.05, 0.1) is 40.8 Å². The molecule has 8 atom stereocenters. The quantitative estimate of drug-likeness (QED) is 0.525. The minimum atomic E-state index is -4.55. The van der Waals surface area contributed by atoms with Gasteiger partial charge in [-0.3, -0.25) is 4.79 Å². The number of rotatable bonds is 6. The molecule has 33 heavy (non-hydrogen) atoms. The van der Waals surface area contributed by atoms with Crippen molar-refractivity contribution in [2.75, 3.05) is 7.11 Å². The summed E-state index contributed by atoms with van der Waals surface area (Å²) in [5.41, 5.74) is 0. The highest BCUT2D eigenvalue weighted by molar-refractivity contribution is 7.89. The number of hydrogen-bond acceptors (Lipinski definition) is 5. The molecule has 7 nitrogen and oxygen atoms in total. The molecular formula is C21H34ClF3N2O5S. The van der Waals surface area contributed by atoms with Crippen LogP contribution in [-0.4, -0.2) is 62.6 Å². The Labute approximate surface area is 198 Å². The first-order valence-corrected chi connectivity index (χ1v) is 13.7. The fraction of sp³-hybridized carbons (Fsp3) is 0.952. The number of hydrogen-bond donors (Lipinski definition) is 2. The Morgan fingerprint density at radius 1 is 1.03 bits per heavy atom. The molecule has 0 radical (unpaired) electrons. The third kappa shape index (κ3) is 6.96. The summed E-state index contributed by atoms with van der Waals surface area (Å²) in [5.74, 6) is -3.96. The van der Waals surface area contributed by atoms with E-state index in [-0.39, 0.29) is 18.9 Å². The van der Waals surface area contributed by atoms with Gasteiger partial charge in [-0.2, -0.15) is 13.2 Å². The first-order valence-electron chi connectivity index (χ1n) is 11.6. The van der Waals surface area contributed by atoms with Crippen LogP contribution in [-0.2, 0) is 24.3 Å². The van der Waals surface area contributed by atoms with E-state index in [1.807, 2.05) is 0 Å². The summed E-state index contributed by atoms with van der Waals surface area (Å²) >= 11 is 6.45. The molecule has 3 N–H and O–H groups in total. The normalized spacial score (nSPS) is 38.6. The molecule has 3 rings (SSSR count). The summed E-state index contributed by atoms with van der Waals surface area (Å²) in [6, 6.07) is -0.538. The number of carbonyl (C=O) groups is 1. The second-order valence-corrected chi connectivity index (χ2v) is 12.0. The zero-order chi connectivity index (χ0) is 24.4. The van der Waals surface area contributed by atoms with Gasteiger partial charge in [0.2, 0.25) is 15.9 Å². The van der Waals surface area contributed by atoms with E-state index in [1.165, 1.54) is 0 Å². The van der Waals surface area contributed by atoms with Crippen LogP contribution in [0.4, 0.5) is 13.2 Å². The molecule has 0 aromatic rings. The summed E-state index contributed by atoms with van der Waals surface area (Å²) in [6.45, 7) is 0. The minimum absolute atomic E-state index is 0.0150. The lowest BCUT2D eigenvalue weighted by molar-refractivity contribution is -0.218. The molecule has 8 unspecified atom stereocenters. The Kier molecular flexibility index (Phi) is 8.97. The van der Waals surface area contributed by atoms with Crippen molar-refractivity contribution in [3.05, 3.63) is 0 Å². The number of nitrogens with one attached hydrogen (secondary N) is 1. The topological polar surface area (TPSA) is 108 Å². The second kappa shape index (κ2) is 11.0. The molecule has 3 saturated carbocycles. The smallest absolute Gasteiger partial charge is 0.381 e. The number of alkyl halides is 4. The highest BCUT2D eigenvalue weighted by Gasteiger charge is 2.53. The summed E-state index contributed by atoms with van der Waals surface area (Å²) in [6.07, 6.45) is -2.16. The zero-order valence-corrected chi connectivity index (χ0v) is 20.3. The van der Waals surface area contributed by atoms with Gasteiger partial charge in [0.15, 0.2) is 0 Å². The fourth-order valence-corrected chi connectivity index (χ4v) is 6.92. The van der Waals surface area contributed by atoms with Crippen LogP contribution in [0.15, 0.2) is 0 Å². The van der Waals surface area contributed by atoms with Crippen LogP contribution in [0, 0.1) is 11.8 Å². The van der Waals surface area contributed by atoms with Gasteiger partial charge >= 0.3 is 6.18 Å². The lowest BCUT2D eigenvalue weighted by Crippen LogP contribution is -2.54. The summed E-state index contributed by atoms with van der Waals surface area (Å²) < 4.78 is 76.6. The van der Waals surface area contributed by atoms with Gasteiger partial charge in [0.1, 0.15) is 0 Å². The van der Waals surface area contributed by atoms with Gasteiger partial charge in [-0.15, -0.1) is 11.6 Å². The monoisotopic (exact) mass is 518 g/mol. The number of halogens is 4. The third-order valence-electron chi connectivity index (χ3n) is 7.35. The minimum Gasteiger partial charge on any atom is -0.381 e. The number of carbonyl (C=O) groups excluding carboxylic acids is 1. The van der Waals surface area contributed by atoms with Crippen LogP contribution in [0.25, 0.3) is 0 Å². The van der Waals surface area contributed by atoms with Crippen LogP contribution in [0.2, 0.25) is 0 Å². The average Bonchev–Trinajstić information content (AvgIpc) is 2.74. The van der Waals surface area contributed by atoms with E-state index >= 15 is 0 Å². The zero-order valence-electron chi connectivity index (χ0n) is 18.7.